The molecule has 11 heavy (non-hydrogen) atoms. The van der Waals surface area contributed by atoms with E-state index >= 15 is 0 Å². The molecule has 0 aliphatic carbocycles. The first kappa shape index (κ1) is 10.2. The summed E-state index contributed by atoms with van der Waals surface area (Å²) in [6.07, 6.45) is 0.112. The van der Waals surface area contributed by atoms with Crippen LogP contribution in [0.1, 0.15) is 5.56 Å². The summed E-state index contributed by atoms with van der Waals surface area (Å²) in [4.78, 5) is 10.2. The van der Waals surface area contributed by atoms with E-state index in [1.165, 1.54) is 0 Å². The maximum absolute atomic E-state index is 10.2. The molecule has 0 atom stereocenters. The van der Waals surface area contributed by atoms with Crippen LogP contribution in [0.4, 0.5) is 0 Å². The smallest absolute Gasteiger partial charge is 0.481 e. The van der Waals surface area contributed by atoms with Crippen molar-refractivity contribution in [3.8, 4) is 0 Å². The summed E-state index contributed by atoms with van der Waals surface area (Å²) in [5, 5.41) is 8.37. The van der Waals surface area contributed by atoms with Crippen LogP contribution < -0.4 is 0 Å². The minimum atomic E-state index is -0.786. The van der Waals surface area contributed by atoms with Gasteiger partial charge in [-0.3, -0.25) is 4.79 Å². The molecule has 1 aromatic carbocycles. The van der Waals surface area contributed by atoms with Crippen LogP contribution >= 0.6 is 0 Å². The van der Waals surface area contributed by atoms with E-state index in [1.54, 1.807) is 12.1 Å². The Balaban J connectivity index is 0.000001000. The zero-order valence-electron chi connectivity index (χ0n) is 5.75. The largest absolute Gasteiger partial charge is 2.00 e. The number of aliphatic carboxylic acids is 1. The molecule has 1 radical (unpaired) electrons. The Morgan fingerprint density at radius 2 is 1.82 bits per heavy atom. The quantitative estimate of drug-likeness (QED) is 0.730. The second kappa shape index (κ2) is 4.94. The number of hydrogen-bond donors (Lipinski definition) is 1. The van der Waals surface area contributed by atoms with Gasteiger partial charge in [-0.2, -0.15) is 0 Å². The van der Waals surface area contributed by atoms with Crippen molar-refractivity contribution in [3.63, 3.8) is 0 Å². The van der Waals surface area contributed by atoms with Gasteiger partial charge in [0.05, 0.1) is 6.42 Å². The standard InChI is InChI=1S/C8H8O2.Cu/c9-8(10)6-7-4-2-1-3-5-7;/h1-5H,6H2,(H,9,10);/q;+2. The molecular formula is C8H8CuO2+2. The zero-order chi connectivity index (χ0) is 7.40. The fraction of sp³-hybridized carbons (Fsp3) is 0.125. The zero-order valence-corrected chi connectivity index (χ0v) is 6.69. The van der Waals surface area contributed by atoms with Crippen molar-refractivity contribution in [2.45, 2.75) is 6.42 Å². The number of carbonyl (C=O) groups is 1. The van der Waals surface area contributed by atoms with Crippen molar-refractivity contribution >= 4 is 5.97 Å². The normalized spacial score (nSPS) is 8.36. The number of benzene rings is 1. The number of carboxylic acid groups (broad SMARTS) is 1. The summed E-state index contributed by atoms with van der Waals surface area (Å²) in [6, 6.07) is 9.13. The predicted octanol–water partition coefficient (Wildman–Crippen LogP) is 1.31. The molecule has 0 aliphatic rings. The summed E-state index contributed by atoms with van der Waals surface area (Å²) in [7, 11) is 0. The minimum absolute atomic E-state index is 0. The maximum atomic E-state index is 10.2. The van der Waals surface area contributed by atoms with Crippen LogP contribution in [0.5, 0.6) is 0 Å². The molecule has 0 spiro atoms. The molecule has 1 aromatic rings. The Bertz CT molecular complexity index is 221. The topological polar surface area (TPSA) is 37.3 Å². The van der Waals surface area contributed by atoms with Gasteiger partial charge < -0.3 is 5.11 Å². The molecule has 2 nitrogen and oxygen atoms in total. The van der Waals surface area contributed by atoms with E-state index in [9.17, 15) is 4.79 Å². The Labute approximate surface area is 75.7 Å². The molecule has 0 unspecified atom stereocenters. The molecular weight excluding hydrogens is 192 g/mol. The fourth-order valence-corrected chi connectivity index (χ4v) is 0.770. The summed E-state index contributed by atoms with van der Waals surface area (Å²) in [6.45, 7) is 0. The van der Waals surface area contributed by atoms with Crippen LogP contribution in [0.15, 0.2) is 30.3 Å². The first-order valence-electron chi connectivity index (χ1n) is 3.05. The van der Waals surface area contributed by atoms with Gasteiger partial charge in [-0.25, -0.2) is 0 Å². The van der Waals surface area contributed by atoms with Gasteiger partial charge in [-0.1, -0.05) is 30.3 Å². The average molecular weight is 200 g/mol. The molecule has 0 heterocycles. The van der Waals surface area contributed by atoms with Crippen molar-refractivity contribution < 1.29 is 27.0 Å². The summed E-state index contributed by atoms with van der Waals surface area (Å²) in [5.74, 6) is -0.786. The molecule has 0 aromatic heterocycles. The maximum Gasteiger partial charge on any atom is 2.00 e. The third kappa shape index (κ3) is 3.81. The number of carboxylic acids is 1. The van der Waals surface area contributed by atoms with Gasteiger partial charge in [0.25, 0.3) is 0 Å². The Morgan fingerprint density at radius 3 is 2.27 bits per heavy atom. The van der Waals surface area contributed by atoms with Crippen LogP contribution in [-0.2, 0) is 28.3 Å². The molecule has 0 aliphatic heterocycles. The van der Waals surface area contributed by atoms with Crippen LogP contribution in [0, 0.1) is 0 Å². The van der Waals surface area contributed by atoms with Crippen molar-refractivity contribution in [1.29, 1.82) is 0 Å². The molecule has 0 saturated carbocycles. The molecule has 0 amide bonds. The Hall–Kier alpha value is -0.791. The summed E-state index contributed by atoms with van der Waals surface area (Å²) in [5.41, 5.74) is 0.843. The Morgan fingerprint density at radius 1 is 1.27 bits per heavy atom. The van der Waals surface area contributed by atoms with Gasteiger partial charge in [0.15, 0.2) is 0 Å². The number of hydrogen-bond acceptors (Lipinski definition) is 1. The van der Waals surface area contributed by atoms with Crippen LogP contribution in [0.25, 0.3) is 0 Å². The van der Waals surface area contributed by atoms with Crippen LogP contribution in [0.2, 0.25) is 0 Å². The van der Waals surface area contributed by atoms with E-state index in [0.29, 0.717) is 0 Å². The van der Waals surface area contributed by atoms with E-state index in [0.717, 1.165) is 5.56 Å². The predicted molar refractivity (Wildman–Crippen MR) is 37.8 cm³/mol. The van der Waals surface area contributed by atoms with E-state index in [-0.39, 0.29) is 23.5 Å². The first-order chi connectivity index (χ1) is 4.79. The van der Waals surface area contributed by atoms with Gasteiger partial charge in [-0.15, -0.1) is 0 Å². The van der Waals surface area contributed by atoms with Gasteiger partial charge in [0.1, 0.15) is 0 Å². The molecule has 0 fully saturated rings. The van der Waals surface area contributed by atoms with E-state index < -0.39 is 5.97 Å². The second-order valence-electron chi connectivity index (χ2n) is 2.06. The molecule has 1 N–H and O–H groups in total. The van der Waals surface area contributed by atoms with E-state index in [4.69, 9.17) is 5.11 Å². The molecule has 3 heteroatoms. The van der Waals surface area contributed by atoms with Crippen molar-refractivity contribution in [2.75, 3.05) is 0 Å². The van der Waals surface area contributed by atoms with Crippen LogP contribution in [0.3, 0.4) is 0 Å². The minimum Gasteiger partial charge on any atom is -0.481 e. The average Bonchev–Trinajstić information content (AvgIpc) is 1.88. The SMILES string of the molecule is O=C(O)Cc1ccccc1.[Cu+2]. The molecule has 1 rings (SSSR count). The van der Waals surface area contributed by atoms with Gasteiger partial charge in [0.2, 0.25) is 0 Å². The van der Waals surface area contributed by atoms with Crippen molar-refractivity contribution in [3.05, 3.63) is 35.9 Å². The monoisotopic (exact) mass is 199 g/mol. The number of rotatable bonds is 2. The van der Waals surface area contributed by atoms with E-state index in [2.05, 4.69) is 0 Å². The summed E-state index contributed by atoms with van der Waals surface area (Å²) >= 11 is 0. The molecule has 0 bridgehead atoms. The third-order valence-corrected chi connectivity index (χ3v) is 1.20. The first-order valence-corrected chi connectivity index (χ1v) is 3.05. The third-order valence-electron chi connectivity index (χ3n) is 1.20. The Kier molecular flexibility index (Phi) is 4.58. The van der Waals surface area contributed by atoms with Crippen molar-refractivity contribution in [2.24, 2.45) is 0 Å². The van der Waals surface area contributed by atoms with Gasteiger partial charge in [0, 0.05) is 0 Å². The fourth-order valence-electron chi connectivity index (χ4n) is 0.770. The van der Waals surface area contributed by atoms with Gasteiger partial charge in [-0.05, 0) is 5.56 Å². The summed E-state index contributed by atoms with van der Waals surface area (Å²) < 4.78 is 0. The molecule has 0 saturated heterocycles. The van der Waals surface area contributed by atoms with Crippen LogP contribution in [-0.4, -0.2) is 11.1 Å². The second-order valence-corrected chi connectivity index (χ2v) is 2.06. The van der Waals surface area contributed by atoms with Crippen molar-refractivity contribution in [1.82, 2.24) is 0 Å². The molecule has 61 valence electrons. The van der Waals surface area contributed by atoms with E-state index in [1.807, 2.05) is 18.2 Å². The van der Waals surface area contributed by atoms with Gasteiger partial charge >= 0.3 is 23.0 Å².